The highest BCUT2D eigenvalue weighted by Crippen LogP contribution is 2.44. The fourth-order valence-electron chi connectivity index (χ4n) is 3.69. The monoisotopic (exact) mass is 469 g/mol. The molecule has 1 atom stereocenters. The van der Waals surface area contributed by atoms with Gasteiger partial charge in [-0.3, -0.25) is 9.69 Å². The first-order valence-corrected chi connectivity index (χ1v) is 11.2. The predicted molar refractivity (Wildman–Crippen MR) is 118 cm³/mol. The van der Waals surface area contributed by atoms with E-state index in [1.807, 2.05) is 55.5 Å². The molecule has 29 heavy (non-hydrogen) atoms. The molecule has 0 radical (unpaired) electrons. The number of ether oxygens (including phenoxy) is 1. The van der Waals surface area contributed by atoms with Crippen LogP contribution in [0.4, 0.5) is 5.69 Å². The molecular weight excluding hydrogens is 450 g/mol. The predicted octanol–water partition coefficient (Wildman–Crippen LogP) is 5.07. The molecule has 0 unspecified atom stereocenters. The number of rotatable bonds is 4. The van der Waals surface area contributed by atoms with E-state index in [1.54, 1.807) is 4.90 Å². The molecule has 7 heteroatoms. The summed E-state index contributed by atoms with van der Waals surface area (Å²) < 4.78 is 6.74. The molecule has 2 aliphatic heterocycles. The highest BCUT2D eigenvalue weighted by atomic mass is 79.9. The summed E-state index contributed by atoms with van der Waals surface area (Å²) in [5, 5.41) is 10.7. The summed E-state index contributed by atoms with van der Waals surface area (Å²) in [6.07, 6.45) is 0.301. The minimum atomic E-state index is -0.193. The van der Waals surface area contributed by atoms with Crippen molar-refractivity contribution in [2.24, 2.45) is 0 Å². The Kier molecular flexibility index (Phi) is 5.84. The third kappa shape index (κ3) is 3.87. The Hall–Kier alpha value is -2.43. The van der Waals surface area contributed by atoms with Crippen LogP contribution in [0.3, 0.4) is 0 Å². The standard InChI is InChI=1S/C22H20BrN3O2S/c1-2-28-20-6-4-3-5-19(20)25-13-26-21(27)11-17(15-7-9-16(23)10-8-15)18(12-24)22(26)29-14-25/h3-10,17H,2,11,13-14H2,1H3/t17-/m1/s1. The van der Waals surface area contributed by atoms with Crippen molar-refractivity contribution in [1.29, 1.82) is 5.26 Å². The minimum absolute atomic E-state index is 0.0398. The number of halogens is 1. The molecule has 2 aromatic rings. The molecule has 0 aliphatic carbocycles. The lowest BCUT2D eigenvalue weighted by Gasteiger charge is -2.42. The minimum Gasteiger partial charge on any atom is -0.492 e. The Morgan fingerprint density at radius 1 is 1.24 bits per heavy atom. The summed E-state index contributed by atoms with van der Waals surface area (Å²) >= 11 is 4.98. The molecule has 1 fully saturated rings. The van der Waals surface area contributed by atoms with E-state index < -0.39 is 0 Å². The zero-order valence-electron chi connectivity index (χ0n) is 16.0. The Morgan fingerprint density at radius 2 is 2.00 bits per heavy atom. The van der Waals surface area contributed by atoms with Gasteiger partial charge in [-0.1, -0.05) is 52.0 Å². The second-order valence-corrected chi connectivity index (χ2v) is 8.67. The van der Waals surface area contributed by atoms with Gasteiger partial charge in [0.2, 0.25) is 5.91 Å². The first-order chi connectivity index (χ1) is 14.1. The van der Waals surface area contributed by atoms with E-state index >= 15 is 0 Å². The summed E-state index contributed by atoms with van der Waals surface area (Å²) in [6.45, 7) is 2.96. The van der Waals surface area contributed by atoms with Gasteiger partial charge >= 0.3 is 0 Å². The van der Waals surface area contributed by atoms with Gasteiger partial charge in [-0.25, -0.2) is 0 Å². The van der Waals surface area contributed by atoms with Crippen molar-refractivity contribution >= 4 is 39.3 Å². The molecule has 2 heterocycles. The van der Waals surface area contributed by atoms with Gasteiger partial charge in [-0.05, 0) is 36.8 Å². The lowest BCUT2D eigenvalue weighted by atomic mass is 9.86. The molecule has 0 bridgehead atoms. The smallest absolute Gasteiger partial charge is 0.229 e. The molecule has 4 rings (SSSR count). The maximum atomic E-state index is 13.0. The molecule has 0 saturated carbocycles. The van der Waals surface area contributed by atoms with Gasteiger partial charge in [-0.15, -0.1) is 0 Å². The number of fused-ring (bicyclic) bond motifs is 1. The number of amides is 1. The van der Waals surface area contributed by atoms with Crippen LogP contribution in [0, 0.1) is 11.3 Å². The second-order valence-electron chi connectivity index (χ2n) is 6.82. The molecule has 2 aliphatic rings. The van der Waals surface area contributed by atoms with Crippen LogP contribution in [0.2, 0.25) is 0 Å². The number of hydrogen-bond donors (Lipinski definition) is 0. The van der Waals surface area contributed by atoms with Gasteiger partial charge in [-0.2, -0.15) is 5.26 Å². The SMILES string of the molecule is CCOc1ccccc1N1CSC2=C(C#N)[C@@H](c3ccc(Br)cc3)CC(=O)N2C1. The Bertz CT molecular complexity index is 1000. The largest absolute Gasteiger partial charge is 0.492 e. The van der Waals surface area contributed by atoms with Crippen molar-refractivity contribution < 1.29 is 9.53 Å². The van der Waals surface area contributed by atoms with Gasteiger partial charge in [0.05, 0.1) is 41.5 Å². The van der Waals surface area contributed by atoms with Crippen molar-refractivity contribution in [1.82, 2.24) is 4.90 Å². The van der Waals surface area contributed by atoms with E-state index in [4.69, 9.17) is 4.74 Å². The number of nitriles is 1. The van der Waals surface area contributed by atoms with Crippen LogP contribution in [0.1, 0.15) is 24.8 Å². The summed E-state index contributed by atoms with van der Waals surface area (Å²) in [4.78, 5) is 16.9. The highest BCUT2D eigenvalue weighted by molar-refractivity contribution is 9.10. The van der Waals surface area contributed by atoms with E-state index in [0.29, 0.717) is 31.1 Å². The lowest BCUT2D eigenvalue weighted by Crippen LogP contribution is -2.47. The Balaban J connectivity index is 1.65. The number of benzene rings is 2. The van der Waals surface area contributed by atoms with Gasteiger partial charge in [0.15, 0.2) is 0 Å². The van der Waals surface area contributed by atoms with Crippen molar-refractivity contribution in [3.63, 3.8) is 0 Å². The number of allylic oxidation sites excluding steroid dienone is 1. The quantitative estimate of drug-likeness (QED) is 0.625. The summed E-state index contributed by atoms with van der Waals surface area (Å²) in [5.41, 5.74) is 2.63. The van der Waals surface area contributed by atoms with Crippen LogP contribution in [-0.4, -0.2) is 30.0 Å². The number of nitrogens with zero attached hydrogens (tertiary/aromatic N) is 3. The van der Waals surface area contributed by atoms with Crippen LogP contribution < -0.4 is 9.64 Å². The molecule has 0 spiro atoms. The molecule has 148 valence electrons. The normalized spacial score (nSPS) is 19.1. The highest BCUT2D eigenvalue weighted by Gasteiger charge is 2.38. The molecule has 5 nitrogen and oxygen atoms in total. The molecule has 0 aromatic heterocycles. The maximum absolute atomic E-state index is 13.0. The number of carbonyl (C=O) groups excluding carboxylic acids is 1. The zero-order valence-corrected chi connectivity index (χ0v) is 18.4. The number of anilines is 1. The summed E-state index contributed by atoms with van der Waals surface area (Å²) in [7, 11) is 0. The third-order valence-corrected chi connectivity index (χ3v) is 6.75. The van der Waals surface area contributed by atoms with Crippen LogP contribution in [0.25, 0.3) is 0 Å². The van der Waals surface area contributed by atoms with Crippen LogP contribution >= 0.6 is 27.7 Å². The van der Waals surface area contributed by atoms with E-state index in [9.17, 15) is 10.1 Å². The fraction of sp³-hybridized carbons (Fsp3) is 0.273. The van der Waals surface area contributed by atoms with Crippen molar-refractivity contribution in [2.45, 2.75) is 19.3 Å². The van der Waals surface area contributed by atoms with Gasteiger partial charge in [0.1, 0.15) is 5.75 Å². The van der Waals surface area contributed by atoms with Crippen molar-refractivity contribution in [3.05, 3.63) is 69.2 Å². The van der Waals surface area contributed by atoms with Gasteiger partial charge in [0.25, 0.3) is 0 Å². The first kappa shape index (κ1) is 19.9. The van der Waals surface area contributed by atoms with E-state index in [-0.39, 0.29) is 11.8 Å². The second kappa shape index (κ2) is 8.52. The molecule has 1 amide bonds. The van der Waals surface area contributed by atoms with Crippen molar-refractivity contribution in [3.8, 4) is 11.8 Å². The first-order valence-electron chi connectivity index (χ1n) is 9.42. The van der Waals surface area contributed by atoms with E-state index in [1.165, 1.54) is 11.8 Å². The number of para-hydroxylation sites is 2. The van der Waals surface area contributed by atoms with Crippen LogP contribution in [0.5, 0.6) is 5.75 Å². The Labute approximate surface area is 183 Å². The van der Waals surface area contributed by atoms with Gasteiger partial charge < -0.3 is 9.64 Å². The maximum Gasteiger partial charge on any atom is 0.229 e. The average molecular weight is 470 g/mol. The molecule has 2 aromatic carbocycles. The number of carbonyl (C=O) groups is 1. The van der Waals surface area contributed by atoms with Crippen molar-refractivity contribution in [2.75, 3.05) is 24.1 Å². The number of hydrogen-bond acceptors (Lipinski definition) is 5. The third-order valence-electron chi connectivity index (χ3n) is 5.07. The van der Waals surface area contributed by atoms with Gasteiger partial charge in [0, 0.05) is 16.8 Å². The fourth-order valence-corrected chi connectivity index (χ4v) is 5.11. The average Bonchev–Trinajstić information content (AvgIpc) is 2.75. The molecule has 1 saturated heterocycles. The zero-order chi connectivity index (χ0) is 20.4. The lowest BCUT2D eigenvalue weighted by molar-refractivity contribution is -0.129. The summed E-state index contributed by atoms with van der Waals surface area (Å²) in [6, 6.07) is 18.1. The number of thioether (sulfide) groups is 1. The topological polar surface area (TPSA) is 56.6 Å². The Morgan fingerprint density at radius 3 is 2.72 bits per heavy atom. The van der Waals surface area contributed by atoms with E-state index in [2.05, 4.69) is 26.9 Å². The molecular formula is C22H20BrN3O2S. The molecule has 0 N–H and O–H groups in total. The van der Waals surface area contributed by atoms with Crippen LogP contribution in [-0.2, 0) is 4.79 Å². The van der Waals surface area contributed by atoms with Crippen LogP contribution in [0.15, 0.2) is 63.6 Å². The van der Waals surface area contributed by atoms with E-state index in [0.717, 1.165) is 26.5 Å². The summed E-state index contributed by atoms with van der Waals surface area (Å²) in [5.74, 6) is 1.31.